The number of alkyl halides is 3. The topological polar surface area (TPSA) is 72.9 Å². The monoisotopic (exact) mass is 273 g/mol. The zero-order valence-electron chi connectivity index (χ0n) is 8.53. The third kappa shape index (κ3) is 3.11. The first-order chi connectivity index (χ1) is 7.63. The standard InChI is InChI=1S/C7H6F3NO5S/c1-3-4(2)6(13)11(5(3)12)16-17(14)15-7(8,9)10/h1-2H3. The Morgan fingerprint density at radius 2 is 1.53 bits per heavy atom. The average Bonchev–Trinajstić information content (AvgIpc) is 2.33. The van der Waals surface area contributed by atoms with E-state index in [2.05, 4.69) is 8.47 Å². The summed E-state index contributed by atoms with van der Waals surface area (Å²) in [4.78, 5) is 22.6. The van der Waals surface area contributed by atoms with Crippen molar-refractivity contribution in [3.05, 3.63) is 11.1 Å². The number of nitrogens with zero attached hydrogens (tertiary/aromatic N) is 1. The summed E-state index contributed by atoms with van der Waals surface area (Å²) in [6, 6.07) is 0. The average molecular weight is 273 g/mol. The van der Waals surface area contributed by atoms with Crippen LogP contribution in [0.4, 0.5) is 13.2 Å². The van der Waals surface area contributed by atoms with E-state index in [1.54, 1.807) is 0 Å². The molecule has 10 heteroatoms. The molecule has 2 amide bonds. The molecule has 0 N–H and O–H groups in total. The van der Waals surface area contributed by atoms with Crippen LogP contribution < -0.4 is 0 Å². The van der Waals surface area contributed by atoms with Crippen LogP contribution in [-0.2, 0) is 29.4 Å². The van der Waals surface area contributed by atoms with Crippen molar-refractivity contribution >= 4 is 23.2 Å². The van der Waals surface area contributed by atoms with Gasteiger partial charge in [-0.05, 0) is 13.8 Å². The molecule has 0 saturated carbocycles. The summed E-state index contributed by atoms with van der Waals surface area (Å²) < 4.78 is 52.5. The van der Waals surface area contributed by atoms with Crippen molar-refractivity contribution in [2.45, 2.75) is 20.2 Å². The van der Waals surface area contributed by atoms with Crippen molar-refractivity contribution < 1.29 is 35.4 Å². The highest BCUT2D eigenvalue weighted by Crippen LogP contribution is 2.23. The number of amides is 2. The van der Waals surface area contributed by atoms with Crippen LogP contribution in [0.2, 0.25) is 0 Å². The molecule has 0 fully saturated rings. The largest absolute Gasteiger partial charge is 0.537 e. The lowest BCUT2D eigenvalue weighted by Gasteiger charge is -2.12. The summed E-state index contributed by atoms with van der Waals surface area (Å²) >= 11 is -3.32. The maximum absolute atomic E-state index is 11.6. The molecule has 0 aromatic heterocycles. The summed E-state index contributed by atoms with van der Waals surface area (Å²) in [6.45, 7) is 2.57. The number of rotatable bonds is 3. The van der Waals surface area contributed by atoms with Crippen LogP contribution in [0.5, 0.6) is 0 Å². The highest BCUT2D eigenvalue weighted by molar-refractivity contribution is 7.75. The van der Waals surface area contributed by atoms with Gasteiger partial charge in [-0.15, -0.1) is 22.5 Å². The Morgan fingerprint density at radius 1 is 1.12 bits per heavy atom. The molecule has 1 unspecified atom stereocenters. The van der Waals surface area contributed by atoms with Crippen LogP contribution in [0.3, 0.4) is 0 Å². The highest BCUT2D eigenvalue weighted by Gasteiger charge is 2.40. The lowest BCUT2D eigenvalue weighted by Crippen LogP contribution is -2.34. The number of halogens is 3. The first-order valence-corrected chi connectivity index (χ1v) is 5.06. The van der Waals surface area contributed by atoms with E-state index >= 15 is 0 Å². The fourth-order valence-electron chi connectivity index (χ4n) is 0.939. The summed E-state index contributed by atoms with van der Waals surface area (Å²) in [7, 11) is 0. The van der Waals surface area contributed by atoms with Crippen molar-refractivity contribution in [1.29, 1.82) is 0 Å². The Labute approximate surface area is 95.8 Å². The maximum atomic E-state index is 11.6. The lowest BCUT2D eigenvalue weighted by molar-refractivity contribution is -0.275. The smallest absolute Gasteiger partial charge is 0.267 e. The van der Waals surface area contributed by atoms with Crippen LogP contribution in [0.25, 0.3) is 0 Å². The SMILES string of the molecule is CC1=C(C)C(=O)N(OS(=O)OC(F)(F)F)C1=O. The predicted molar refractivity (Wildman–Crippen MR) is 46.6 cm³/mol. The number of imide groups is 1. The van der Waals surface area contributed by atoms with Gasteiger partial charge in [0.1, 0.15) is 0 Å². The molecule has 6 nitrogen and oxygen atoms in total. The molecule has 0 spiro atoms. The minimum absolute atomic E-state index is 0.000918. The molecule has 1 heterocycles. The molecule has 1 rings (SSSR count). The molecule has 96 valence electrons. The van der Waals surface area contributed by atoms with Gasteiger partial charge in [-0.2, -0.15) is 8.39 Å². The van der Waals surface area contributed by atoms with Gasteiger partial charge in [-0.25, -0.2) is 0 Å². The third-order valence-corrected chi connectivity index (χ3v) is 2.47. The minimum atomic E-state index is -5.20. The molecule has 0 radical (unpaired) electrons. The Kier molecular flexibility index (Phi) is 3.69. The second-order valence-electron chi connectivity index (χ2n) is 2.96. The molecule has 0 aliphatic carbocycles. The van der Waals surface area contributed by atoms with Crippen molar-refractivity contribution in [3.63, 3.8) is 0 Å². The van der Waals surface area contributed by atoms with E-state index in [0.717, 1.165) is 0 Å². The number of carbonyl (C=O) groups excluding carboxylic acids is 2. The molecule has 0 aromatic rings. The molecule has 1 aliphatic rings. The van der Waals surface area contributed by atoms with Gasteiger partial charge in [-0.1, -0.05) is 0 Å². The summed E-state index contributed by atoms with van der Waals surface area (Å²) in [5.74, 6) is -1.96. The second-order valence-corrected chi connectivity index (χ2v) is 3.69. The van der Waals surface area contributed by atoms with E-state index in [1.165, 1.54) is 13.8 Å². The summed E-state index contributed by atoms with van der Waals surface area (Å²) in [5.41, 5.74) is -0.00184. The van der Waals surface area contributed by atoms with Gasteiger partial charge in [0.15, 0.2) is 0 Å². The van der Waals surface area contributed by atoms with E-state index in [0.29, 0.717) is 0 Å². The lowest BCUT2D eigenvalue weighted by atomic mass is 10.2. The zero-order chi connectivity index (χ0) is 13.4. The van der Waals surface area contributed by atoms with E-state index in [4.69, 9.17) is 0 Å². The van der Waals surface area contributed by atoms with Crippen molar-refractivity contribution in [2.75, 3.05) is 0 Å². The van der Waals surface area contributed by atoms with E-state index < -0.39 is 29.5 Å². The maximum Gasteiger partial charge on any atom is 0.537 e. The summed E-state index contributed by atoms with van der Waals surface area (Å²) in [6.07, 6.45) is -5.20. The quantitative estimate of drug-likeness (QED) is 0.709. The zero-order valence-corrected chi connectivity index (χ0v) is 9.35. The van der Waals surface area contributed by atoms with Gasteiger partial charge in [0.25, 0.3) is 11.8 Å². The molecule has 0 saturated heterocycles. The minimum Gasteiger partial charge on any atom is -0.267 e. The van der Waals surface area contributed by atoms with E-state index in [1.807, 2.05) is 0 Å². The van der Waals surface area contributed by atoms with E-state index in [-0.39, 0.29) is 16.2 Å². The van der Waals surface area contributed by atoms with Gasteiger partial charge in [0.05, 0.1) is 0 Å². The Balaban J connectivity index is 2.70. The molecule has 0 bridgehead atoms. The number of hydrogen-bond acceptors (Lipinski definition) is 5. The van der Waals surface area contributed by atoms with Crippen LogP contribution in [0.1, 0.15) is 13.8 Å². The van der Waals surface area contributed by atoms with Crippen LogP contribution in [0, 0.1) is 0 Å². The van der Waals surface area contributed by atoms with Crippen molar-refractivity contribution in [1.82, 2.24) is 5.06 Å². The molecular weight excluding hydrogens is 267 g/mol. The number of hydroxylamine groups is 2. The van der Waals surface area contributed by atoms with Gasteiger partial charge in [0.2, 0.25) is 0 Å². The van der Waals surface area contributed by atoms with Crippen LogP contribution in [0.15, 0.2) is 11.1 Å². The van der Waals surface area contributed by atoms with Gasteiger partial charge >= 0.3 is 17.7 Å². The van der Waals surface area contributed by atoms with Crippen molar-refractivity contribution in [2.24, 2.45) is 0 Å². The second kappa shape index (κ2) is 4.55. The molecule has 17 heavy (non-hydrogen) atoms. The Hall–Kier alpha value is -1.26. The number of hydrogen-bond donors (Lipinski definition) is 0. The number of carbonyl (C=O) groups is 2. The molecule has 1 aliphatic heterocycles. The Bertz CT molecular complexity index is 406. The van der Waals surface area contributed by atoms with Gasteiger partial charge in [0, 0.05) is 11.1 Å². The van der Waals surface area contributed by atoms with Crippen molar-refractivity contribution in [3.8, 4) is 0 Å². The van der Waals surface area contributed by atoms with E-state index in [9.17, 15) is 27.0 Å². The first kappa shape index (κ1) is 13.8. The molecule has 0 aromatic carbocycles. The highest BCUT2D eigenvalue weighted by atomic mass is 32.2. The molecular formula is C7H6F3NO5S. The fourth-order valence-corrected chi connectivity index (χ4v) is 1.38. The van der Waals surface area contributed by atoms with Gasteiger partial charge in [-0.3, -0.25) is 9.59 Å². The fraction of sp³-hybridized carbons (Fsp3) is 0.429. The van der Waals surface area contributed by atoms with Crippen LogP contribution >= 0.6 is 0 Å². The molecule has 1 atom stereocenters. The first-order valence-electron chi connectivity index (χ1n) is 4.06. The van der Waals surface area contributed by atoms with Crippen LogP contribution in [-0.4, -0.2) is 27.4 Å². The predicted octanol–water partition coefficient (Wildman–Crippen LogP) is 0.738. The summed E-state index contributed by atoms with van der Waals surface area (Å²) in [5, 5.41) is -0.0352. The Morgan fingerprint density at radius 3 is 1.88 bits per heavy atom. The normalized spacial score (nSPS) is 19.2. The van der Waals surface area contributed by atoms with Gasteiger partial charge < -0.3 is 0 Å². The third-order valence-electron chi connectivity index (χ3n) is 1.87.